The lowest BCUT2D eigenvalue weighted by atomic mass is 10.0. The summed E-state index contributed by atoms with van der Waals surface area (Å²) in [6, 6.07) is 2.06. The van der Waals surface area contributed by atoms with Crippen molar-refractivity contribution in [2.24, 2.45) is 0 Å². The van der Waals surface area contributed by atoms with Crippen molar-refractivity contribution in [2.75, 3.05) is 45.1 Å². The SMILES string of the molecule is CCCCc1nc2c(N)nc3ccsc3c2n1CCCCCNCC(C)(C)N1CCOCC1. The van der Waals surface area contributed by atoms with E-state index in [9.17, 15) is 0 Å². The van der Waals surface area contributed by atoms with Gasteiger partial charge in [-0.05, 0) is 51.1 Å². The summed E-state index contributed by atoms with van der Waals surface area (Å²) < 4.78 is 9.14. The largest absolute Gasteiger partial charge is 0.382 e. The molecule has 182 valence electrons. The van der Waals surface area contributed by atoms with Crippen LogP contribution in [0.25, 0.3) is 21.3 Å². The minimum absolute atomic E-state index is 0.174. The third-order valence-electron chi connectivity index (χ3n) is 6.80. The molecule has 4 heterocycles. The van der Waals surface area contributed by atoms with Gasteiger partial charge in [-0.15, -0.1) is 11.3 Å². The summed E-state index contributed by atoms with van der Waals surface area (Å²) in [5.74, 6) is 1.71. The van der Waals surface area contributed by atoms with Crippen molar-refractivity contribution in [1.29, 1.82) is 0 Å². The van der Waals surface area contributed by atoms with Crippen LogP contribution in [0.2, 0.25) is 0 Å². The second kappa shape index (κ2) is 11.1. The molecule has 3 aromatic heterocycles. The number of hydrogen-bond donors (Lipinski definition) is 2. The number of nitrogens with one attached hydrogen (secondary N) is 1. The van der Waals surface area contributed by atoms with Crippen LogP contribution in [0.1, 0.15) is 58.7 Å². The van der Waals surface area contributed by atoms with E-state index in [4.69, 9.17) is 15.5 Å². The number of aryl methyl sites for hydroxylation is 2. The molecule has 1 aliphatic heterocycles. The molecule has 33 heavy (non-hydrogen) atoms. The van der Waals surface area contributed by atoms with E-state index in [1.807, 2.05) is 0 Å². The number of hydrogen-bond acceptors (Lipinski definition) is 7. The topological polar surface area (TPSA) is 81.2 Å². The summed E-state index contributed by atoms with van der Waals surface area (Å²) in [5, 5.41) is 5.79. The van der Waals surface area contributed by atoms with E-state index < -0.39 is 0 Å². The molecule has 1 aliphatic rings. The molecule has 0 amide bonds. The molecule has 4 rings (SSSR count). The standard InChI is InChI=1S/C25H40N6OS/c1-4-5-9-20-29-21-22(23-19(10-17-33-23)28-24(21)26)31(20)12-8-6-7-11-27-18-25(2,3)30-13-15-32-16-14-30/h10,17,27H,4-9,11-16,18H2,1-3H3,(H2,26,28). The number of anilines is 1. The average molecular weight is 473 g/mol. The fourth-order valence-electron chi connectivity index (χ4n) is 4.80. The number of pyridine rings is 1. The maximum atomic E-state index is 6.29. The minimum atomic E-state index is 0.174. The third-order valence-corrected chi connectivity index (χ3v) is 7.71. The van der Waals surface area contributed by atoms with Gasteiger partial charge in [0.05, 0.1) is 28.9 Å². The van der Waals surface area contributed by atoms with Gasteiger partial charge < -0.3 is 20.4 Å². The molecule has 0 saturated carbocycles. The van der Waals surface area contributed by atoms with Gasteiger partial charge in [0, 0.05) is 38.1 Å². The monoisotopic (exact) mass is 472 g/mol. The van der Waals surface area contributed by atoms with Crippen molar-refractivity contribution in [3.63, 3.8) is 0 Å². The predicted molar refractivity (Wildman–Crippen MR) is 139 cm³/mol. The molecule has 7 nitrogen and oxygen atoms in total. The molecule has 8 heteroatoms. The summed E-state index contributed by atoms with van der Waals surface area (Å²) in [6.07, 6.45) is 6.84. The van der Waals surface area contributed by atoms with E-state index in [-0.39, 0.29) is 5.54 Å². The van der Waals surface area contributed by atoms with Crippen molar-refractivity contribution in [2.45, 2.75) is 71.4 Å². The Kier molecular flexibility index (Phi) is 8.22. The molecule has 0 atom stereocenters. The van der Waals surface area contributed by atoms with Crippen molar-refractivity contribution in [1.82, 2.24) is 24.8 Å². The van der Waals surface area contributed by atoms with Crippen molar-refractivity contribution >= 4 is 38.4 Å². The Morgan fingerprint density at radius 1 is 1.15 bits per heavy atom. The Bertz CT molecular complexity index is 1040. The number of unbranched alkanes of at least 4 members (excludes halogenated alkanes) is 3. The fourth-order valence-corrected chi connectivity index (χ4v) is 5.68. The average Bonchev–Trinajstić information content (AvgIpc) is 3.42. The van der Waals surface area contributed by atoms with E-state index >= 15 is 0 Å². The van der Waals surface area contributed by atoms with Gasteiger partial charge in [-0.25, -0.2) is 9.97 Å². The van der Waals surface area contributed by atoms with E-state index in [0.717, 1.165) is 88.5 Å². The van der Waals surface area contributed by atoms with Crippen LogP contribution in [0.4, 0.5) is 5.82 Å². The van der Waals surface area contributed by atoms with Crippen molar-refractivity contribution in [3.05, 3.63) is 17.3 Å². The maximum Gasteiger partial charge on any atom is 0.152 e. The number of rotatable bonds is 12. The number of morpholine rings is 1. The van der Waals surface area contributed by atoms with E-state index in [1.165, 1.54) is 23.1 Å². The number of aromatic nitrogens is 3. The van der Waals surface area contributed by atoms with Gasteiger partial charge in [0.2, 0.25) is 0 Å². The molecule has 1 fully saturated rings. The highest BCUT2D eigenvalue weighted by atomic mass is 32.1. The van der Waals surface area contributed by atoms with Gasteiger partial charge in [-0.2, -0.15) is 0 Å². The summed E-state index contributed by atoms with van der Waals surface area (Å²) in [6.45, 7) is 13.7. The molecule has 0 spiro atoms. The number of ether oxygens (including phenoxy) is 1. The first-order valence-corrected chi connectivity index (χ1v) is 13.4. The molecule has 0 bridgehead atoms. The number of fused-ring (bicyclic) bond motifs is 3. The van der Waals surface area contributed by atoms with Gasteiger partial charge in [0.1, 0.15) is 11.3 Å². The Morgan fingerprint density at radius 2 is 1.97 bits per heavy atom. The molecule has 1 saturated heterocycles. The molecule has 0 radical (unpaired) electrons. The quantitative estimate of drug-likeness (QED) is 0.379. The van der Waals surface area contributed by atoms with Gasteiger partial charge in [0.15, 0.2) is 5.82 Å². The van der Waals surface area contributed by atoms with Crippen molar-refractivity contribution in [3.8, 4) is 0 Å². The highest BCUT2D eigenvalue weighted by Gasteiger charge is 2.27. The fraction of sp³-hybridized carbons (Fsp3) is 0.680. The molecule has 0 aromatic carbocycles. The van der Waals surface area contributed by atoms with Crippen LogP contribution in [0, 0.1) is 0 Å². The highest BCUT2D eigenvalue weighted by molar-refractivity contribution is 7.18. The Balaban J connectivity index is 1.32. The van der Waals surface area contributed by atoms with Crippen LogP contribution in [0.3, 0.4) is 0 Å². The zero-order valence-electron chi connectivity index (χ0n) is 20.5. The zero-order valence-corrected chi connectivity index (χ0v) is 21.3. The van der Waals surface area contributed by atoms with Crippen LogP contribution in [-0.4, -0.2) is 64.4 Å². The van der Waals surface area contributed by atoms with E-state index in [0.29, 0.717) is 5.82 Å². The van der Waals surface area contributed by atoms with Crippen LogP contribution in [0.15, 0.2) is 11.4 Å². The smallest absolute Gasteiger partial charge is 0.152 e. The lowest BCUT2D eigenvalue weighted by Crippen LogP contribution is -2.54. The van der Waals surface area contributed by atoms with Crippen LogP contribution < -0.4 is 11.1 Å². The number of imidazole rings is 1. The lowest BCUT2D eigenvalue weighted by Gasteiger charge is -2.41. The van der Waals surface area contributed by atoms with Gasteiger partial charge in [-0.1, -0.05) is 19.8 Å². The normalized spacial score (nSPS) is 15.7. The summed E-state index contributed by atoms with van der Waals surface area (Å²) in [7, 11) is 0. The first kappa shape index (κ1) is 24.4. The number of nitrogens with two attached hydrogens (primary N) is 1. The number of nitrogen functional groups attached to an aromatic ring is 1. The second-order valence-electron chi connectivity index (χ2n) is 9.76. The van der Waals surface area contributed by atoms with Gasteiger partial charge in [0.25, 0.3) is 0 Å². The summed E-state index contributed by atoms with van der Waals surface area (Å²) in [4.78, 5) is 12.1. The number of nitrogens with zero attached hydrogens (tertiary/aromatic N) is 4. The Morgan fingerprint density at radius 3 is 2.76 bits per heavy atom. The van der Waals surface area contributed by atoms with Crippen LogP contribution in [-0.2, 0) is 17.7 Å². The maximum absolute atomic E-state index is 6.29. The second-order valence-corrected chi connectivity index (χ2v) is 10.7. The Hall–Kier alpha value is -1.74. The zero-order chi connectivity index (χ0) is 23.3. The Labute approximate surface area is 201 Å². The molecule has 0 aliphatic carbocycles. The minimum Gasteiger partial charge on any atom is -0.382 e. The molecular weight excluding hydrogens is 432 g/mol. The van der Waals surface area contributed by atoms with Gasteiger partial charge >= 0.3 is 0 Å². The van der Waals surface area contributed by atoms with E-state index in [2.05, 4.69) is 52.0 Å². The highest BCUT2D eigenvalue weighted by Crippen LogP contribution is 2.33. The third kappa shape index (κ3) is 5.67. The molecule has 0 unspecified atom stereocenters. The molecule has 3 N–H and O–H groups in total. The molecular formula is C25H40N6OS. The van der Waals surface area contributed by atoms with Crippen molar-refractivity contribution < 1.29 is 4.74 Å². The van der Waals surface area contributed by atoms with Gasteiger partial charge in [-0.3, -0.25) is 4.90 Å². The first-order chi connectivity index (χ1) is 16.0. The van der Waals surface area contributed by atoms with Crippen LogP contribution >= 0.6 is 11.3 Å². The number of thiophene rings is 1. The van der Waals surface area contributed by atoms with E-state index in [1.54, 1.807) is 11.3 Å². The first-order valence-electron chi connectivity index (χ1n) is 12.6. The summed E-state index contributed by atoms with van der Waals surface area (Å²) in [5.41, 5.74) is 9.51. The predicted octanol–water partition coefficient (Wildman–Crippen LogP) is 4.44. The summed E-state index contributed by atoms with van der Waals surface area (Å²) >= 11 is 1.74. The van der Waals surface area contributed by atoms with Crippen LogP contribution in [0.5, 0.6) is 0 Å². The lowest BCUT2D eigenvalue weighted by molar-refractivity contribution is -0.00953. The molecule has 3 aromatic rings.